The number of hydrogen-bond donors (Lipinski definition) is 1. The normalized spacial score (nSPS) is 21.8. The van der Waals surface area contributed by atoms with E-state index >= 15 is 0 Å². The zero-order valence-electron chi connectivity index (χ0n) is 26.1. The molecule has 240 valence electrons. The Kier molecular flexibility index (Phi) is 8.95. The molecule has 0 aliphatic carbocycles. The molecule has 2 saturated heterocycles. The lowest BCUT2D eigenvalue weighted by Crippen LogP contribution is -2.56. The molecule has 1 aromatic heterocycles. The lowest BCUT2D eigenvalue weighted by molar-refractivity contribution is 0.0727. The molecular weight excluding hydrogens is 630 g/mol. The largest absolute Gasteiger partial charge is 0.376 e. The molecule has 0 unspecified atom stereocenters. The predicted octanol–water partition coefficient (Wildman–Crippen LogP) is 5.57. The van der Waals surface area contributed by atoms with Crippen LogP contribution in [0.15, 0.2) is 64.8 Å². The van der Waals surface area contributed by atoms with Crippen molar-refractivity contribution in [2.24, 2.45) is 5.41 Å². The van der Waals surface area contributed by atoms with E-state index in [-0.39, 0.29) is 23.5 Å². The van der Waals surface area contributed by atoms with Crippen LogP contribution in [0.3, 0.4) is 0 Å². The molecule has 2 atom stereocenters. The summed E-state index contributed by atoms with van der Waals surface area (Å²) in [6.45, 7) is 10.3. The van der Waals surface area contributed by atoms with Gasteiger partial charge in [-0.3, -0.25) is 4.79 Å². The van der Waals surface area contributed by atoms with Gasteiger partial charge in [-0.05, 0) is 64.2 Å². The summed E-state index contributed by atoms with van der Waals surface area (Å²) < 4.78 is 34.1. The number of nitrogens with one attached hydrogen (secondary N) is 1. The fraction of sp³-hybridized carbons (Fsp3) is 0.485. The number of carbonyl (C=O) groups excluding carboxylic acids is 1. The molecule has 3 aliphatic heterocycles. The summed E-state index contributed by atoms with van der Waals surface area (Å²) in [7, 11) is -3.51. The van der Waals surface area contributed by atoms with Crippen molar-refractivity contribution >= 4 is 45.1 Å². The van der Waals surface area contributed by atoms with Crippen LogP contribution >= 0.6 is 23.4 Å². The highest BCUT2D eigenvalue weighted by atomic mass is 35.5. The zero-order chi connectivity index (χ0) is 32.0. The Morgan fingerprint density at radius 1 is 1.07 bits per heavy atom. The maximum Gasteiger partial charge on any atom is 0.256 e. The molecule has 1 N–H and O–H groups in total. The molecule has 12 heteroatoms. The van der Waals surface area contributed by atoms with Crippen LogP contribution in [0, 0.1) is 5.41 Å². The first-order chi connectivity index (χ1) is 21.4. The Morgan fingerprint density at radius 2 is 1.80 bits per heavy atom. The van der Waals surface area contributed by atoms with Crippen molar-refractivity contribution in [3.05, 3.63) is 76.6 Å². The maximum absolute atomic E-state index is 13.5. The van der Waals surface area contributed by atoms with E-state index in [9.17, 15) is 13.2 Å². The third kappa shape index (κ3) is 6.47. The Balaban J connectivity index is 1.11. The van der Waals surface area contributed by atoms with Crippen molar-refractivity contribution in [3.8, 4) is 0 Å². The van der Waals surface area contributed by atoms with Crippen molar-refractivity contribution in [1.29, 1.82) is 0 Å². The molecule has 9 nitrogen and oxygen atoms in total. The van der Waals surface area contributed by atoms with Crippen LogP contribution in [-0.4, -0.2) is 72.3 Å². The van der Waals surface area contributed by atoms with Crippen LogP contribution in [0.25, 0.3) is 0 Å². The van der Waals surface area contributed by atoms with E-state index in [4.69, 9.17) is 21.3 Å². The molecule has 2 aromatic carbocycles. The van der Waals surface area contributed by atoms with Crippen LogP contribution in [0.4, 0.5) is 5.82 Å². The summed E-state index contributed by atoms with van der Waals surface area (Å²) in [6.07, 6.45) is 5.65. The Labute approximate surface area is 275 Å². The molecule has 3 aromatic rings. The number of anilines is 1. The second-order valence-corrected chi connectivity index (χ2v) is 17.2. The number of aromatic nitrogens is 2. The topological polar surface area (TPSA) is 105 Å². The van der Waals surface area contributed by atoms with E-state index < -0.39 is 14.8 Å². The number of ether oxygens (including phenoxy) is 1. The van der Waals surface area contributed by atoms with Crippen molar-refractivity contribution in [3.63, 3.8) is 0 Å². The van der Waals surface area contributed by atoms with Crippen LogP contribution in [0.2, 0.25) is 5.02 Å². The monoisotopic (exact) mass is 669 g/mol. The smallest absolute Gasteiger partial charge is 0.256 e. The Morgan fingerprint density at radius 3 is 2.47 bits per heavy atom. The van der Waals surface area contributed by atoms with Crippen molar-refractivity contribution in [2.75, 3.05) is 31.1 Å². The first-order valence-corrected chi connectivity index (χ1v) is 18.1. The number of fused-ring (bicyclic) bond motifs is 1. The third-order valence-electron chi connectivity index (χ3n) is 9.32. The van der Waals surface area contributed by atoms with Gasteiger partial charge in [0.05, 0.1) is 46.5 Å². The van der Waals surface area contributed by atoms with Crippen LogP contribution in [0.1, 0.15) is 62.0 Å². The van der Waals surface area contributed by atoms with Crippen LogP contribution < -0.4 is 9.62 Å². The molecule has 4 heterocycles. The van der Waals surface area contributed by atoms with Gasteiger partial charge in [0.25, 0.3) is 5.91 Å². The number of benzene rings is 2. The molecule has 1 amide bonds. The minimum Gasteiger partial charge on any atom is -0.376 e. The number of piperidine rings is 1. The highest BCUT2D eigenvalue weighted by Crippen LogP contribution is 2.44. The van der Waals surface area contributed by atoms with E-state index in [1.54, 1.807) is 33.2 Å². The third-order valence-corrected chi connectivity index (χ3v) is 13.0. The molecule has 3 aliphatic rings. The fourth-order valence-corrected chi connectivity index (χ4v) is 8.68. The molecule has 1 spiro atoms. The van der Waals surface area contributed by atoms with Crippen LogP contribution in [-0.2, 0) is 27.7 Å². The highest BCUT2D eigenvalue weighted by molar-refractivity contribution is 7.99. The standard InChI is InChI=1S/C33H40ClN5O4S2/c1-22-30(37-45(41,42)32(2,3)4)33(21-43-22)13-16-38(17-14-33)26-18-36-27(19-35-26)44-25-11-10-24-12-15-39(31(40)28(24)29(25)34)20-23-8-6-5-7-9-23/h5-11,18-19,22,30,37H,12-17,20-21H2,1-4H3/t22-,30+/m0/s1. The molecule has 0 bridgehead atoms. The van der Waals surface area contributed by atoms with Gasteiger partial charge in [-0.2, -0.15) is 0 Å². The van der Waals surface area contributed by atoms with Gasteiger partial charge in [0.1, 0.15) is 10.8 Å². The van der Waals surface area contributed by atoms with Crippen molar-refractivity contribution in [2.45, 2.75) is 80.3 Å². The zero-order valence-corrected chi connectivity index (χ0v) is 28.5. The van der Waals surface area contributed by atoms with E-state index in [0.717, 1.165) is 54.2 Å². The summed E-state index contributed by atoms with van der Waals surface area (Å²) in [5.74, 6) is 0.726. The lowest BCUT2D eigenvalue weighted by Gasteiger charge is -2.43. The summed E-state index contributed by atoms with van der Waals surface area (Å²) in [5, 5.41) is 1.14. The maximum atomic E-state index is 13.5. The fourth-order valence-electron chi connectivity index (χ4n) is 6.41. The Bertz CT molecular complexity index is 1660. The van der Waals surface area contributed by atoms with E-state index in [1.807, 2.05) is 54.3 Å². The van der Waals surface area contributed by atoms with Gasteiger partial charge in [-0.1, -0.05) is 59.8 Å². The van der Waals surface area contributed by atoms with Gasteiger partial charge in [0.15, 0.2) is 0 Å². The summed E-state index contributed by atoms with van der Waals surface area (Å²) >= 11 is 8.26. The van der Waals surface area contributed by atoms with Crippen molar-refractivity contribution in [1.82, 2.24) is 19.6 Å². The van der Waals surface area contributed by atoms with Crippen LogP contribution in [0.5, 0.6) is 0 Å². The van der Waals surface area contributed by atoms with E-state index in [1.165, 1.54) is 11.8 Å². The van der Waals surface area contributed by atoms with Gasteiger partial charge in [-0.25, -0.2) is 23.1 Å². The summed E-state index contributed by atoms with van der Waals surface area (Å²) in [4.78, 5) is 27.7. The number of sulfonamides is 1. The van der Waals surface area contributed by atoms with Gasteiger partial charge < -0.3 is 14.5 Å². The number of hydrogen-bond acceptors (Lipinski definition) is 8. The van der Waals surface area contributed by atoms with Crippen molar-refractivity contribution < 1.29 is 17.9 Å². The number of halogens is 1. The molecule has 0 saturated carbocycles. The first kappa shape index (κ1) is 32.2. The number of carbonyl (C=O) groups is 1. The number of nitrogens with zero attached hydrogens (tertiary/aromatic N) is 4. The van der Waals surface area contributed by atoms with Gasteiger partial charge in [-0.15, -0.1) is 0 Å². The number of rotatable bonds is 7. The average Bonchev–Trinajstić information content (AvgIpc) is 3.30. The molecule has 2 fully saturated rings. The number of amides is 1. The molecular formula is C33H40ClN5O4S2. The van der Waals surface area contributed by atoms with E-state index in [2.05, 4.69) is 14.6 Å². The quantitative estimate of drug-likeness (QED) is 0.348. The minimum absolute atomic E-state index is 0.0487. The second kappa shape index (κ2) is 12.5. The predicted molar refractivity (Wildman–Crippen MR) is 177 cm³/mol. The average molecular weight is 670 g/mol. The van der Waals surface area contributed by atoms with E-state index in [0.29, 0.717) is 35.3 Å². The highest BCUT2D eigenvalue weighted by Gasteiger charge is 2.52. The Hall–Kier alpha value is -2.70. The summed E-state index contributed by atoms with van der Waals surface area (Å²) in [5.41, 5.74) is 2.38. The lowest BCUT2D eigenvalue weighted by atomic mass is 9.73. The second-order valence-electron chi connectivity index (χ2n) is 13.3. The minimum atomic E-state index is -3.51. The van der Waals surface area contributed by atoms with Gasteiger partial charge in [0.2, 0.25) is 10.0 Å². The SMILES string of the molecule is C[C@@H]1OCC2(CCN(c3cnc(Sc4ccc5c(c4Cl)C(=O)N(Cc4ccccc4)CC5)cn3)CC2)[C@@H]1NS(=O)(=O)C(C)(C)C. The summed E-state index contributed by atoms with van der Waals surface area (Å²) in [6, 6.07) is 13.7. The molecule has 0 radical (unpaired) electrons. The van der Waals surface area contributed by atoms with Gasteiger partial charge in [0, 0.05) is 36.5 Å². The van der Waals surface area contributed by atoms with Gasteiger partial charge >= 0.3 is 0 Å². The first-order valence-electron chi connectivity index (χ1n) is 15.4. The molecule has 45 heavy (non-hydrogen) atoms. The molecule has 6 rings (SSSR count).